The third-order valence-electron chi connectivity index (χ3n) is 2.53. The number of rotatable bonds is 3. The van der Waals surface area contributed by atoms with Crippen LogP contribution in [0, 0.1) is 0 Å². The maximum absolute atomic E-state index is 11.0. The van der Waals surface area contributed by atoms with E-state index in [4.69, 9.17) is 4.74 Å². The summed E-state index contributed by atoms with van der Waals surface area (Å²) in [6.45, 7) is 0.624. The molecule has 0 unspecified atom stereocenters. The number of hydrogen-bond acceptors (Lipinski definition) is 2. The molecular formula is C12H14O2. The summed E-state index contributed by atoms with van der Waals surface area (Å²) in [5, 5.41) is 0. The predicted molar refractivity (Wildman–Crippen MR) is 53.9 cm³/mol. The van der Waals surface area contributed by atoms with Gasteiger partial charge in [-0.25, -0.2) is 0 Å². The number of carbonyl (C=O) groups excluding carboxylic acids is 1. The van der Waals surface area contributed by atoms with E-state index in [1.165, 1.54) is 5.56 Å². The van der Waals surface area contributed by atoms with Gasteiger partial charge in [-0.1, -0.05) is 30.3 Å². The third-order valence-corrected chi connectivity index (χ3v) is 2.53. The first kappa shape index (κ1) is 9.41. The number of benzene rings is 1. The Hall–Kier alpha value is -1.15. The van der Waals surface area contributed by atoms with E-state index in [1.54, 1.807) is 0 Å². The van der Waals surface area contributed by atoms with Gasteiger partial charge in [0.2, 0.25) is 0 Å². The van der Waals surface area contributed by atoms with Gasteiger partial charge in [0.25, 0.3) is 0 Å². The minimum absolute atomic E-state index is 0.155. The van der Waals surface area contributed by atoms with Gasteiger partial charge in [0.15, 0.2) is 0 Å². The Kier molecular flexibility index (Phi) is 2.94. The Balaban J connectivity index is 1.80. The number of carbonyl (C=O) groups is 1. The van der Waals surface area contributed by atoms with Gasteiger partial charge in [0.05, 0.1) is 12.7 Å². The second kappa shape index (κ2) is 4.38. The first-order valence-electron chi connectivity index (χ1n) is 5.02. The first-order chi connectivity index (χ1) is 6.84. The molecule has 1 aromatic carbocycles. The largest absolute Gasteiger partial charge is 0.373 e. The summed E-state index contributed by atoms with van der Waals surface area (Å²) in [4.78, 5) is 11.0. The van der Waals surface area contributed by atoms with Crippen molar-refractivity contribution in [2.24, 2.45) is 0 Å². The molecule has 2 rings (SSSR count). The zero-order chi connectivity index (χ0) is 9.80. The van der Waals surface area contributed by atoms with Crippen LogP contribution in [0.5, 0.6) is 0 Å². The van der Waals surface area contributed by atoms with Gasteiger partial charge in [-0.2, -0.15) is 0 Å². The number of ketones is 1. The Labute approximate surface area is 83.9 Å². The molecule has 1 atom stereocenters. The fourth-order valence-corrected chi connectivity index (χ4v) is 1.71. The molecule has 0 aromatic heterocycles. The Morgan fingerprint density at radius 2 is 2.07 bits per heavy atom. The van der Waals surface area contributed by atoms with E-state index in [9.17, 15) is 4.79 Å². The average Bonchev–Trinajstić information content (AvgIpc) is 2.63. The molecule has 1 saturated carbocycles. The quantitative estimate of drug-likeness (QED) is 0.731. The molecule has 0 saturated heterocycles. The molecule has 1 aromatic rings. The number of Topliss-reactive ketones (excluding diaryl/α,β-unsaturated/α-hetero) is 1. The molecule has 1 aliphatic carbocycles. The van der Waals surface area contributed by atoms with E-state index in [-0.39, 0.29) is 6.10 Å². The van der Waals surface area contributed by atoms with Crippen LogP contribution < -0.4 is 0 Å². The van der Waals surface area contributed by atoms with E-state index in [2.05, 4.69) is 0 Å². The lowest BCUT2D eigenvalue weighted by atomic mass is 10.2. The summed E-state index contributed by atoms with van der Waals surface area (Å²) in [5.41, 5.74) is 1.17. The number of ether oxygens (including phenoxy) is 1. The van der Waals surface area contributed by atoms with E-state index < -0.39 is 0 Å². The second-order valence-electron chi connectivity index (χ2n) is 3.70. The minimum atomic E-state index is 0.155. The van der Waals surface area contributed by atoms with Gasteiger partial charge in [-0.15, -0.1) is 0 Å². The summed E-state index contributed by atoms with van der Waals surface area (Å²) in [7, 11) is 0. The van der Waals surface area contributed by atoms with Gasteiger partial charge in [0.1, 0.15) is 5.78 Å². The van der Waals surface area contributed by atoms with E-state index in [1.807, 2.05) is 30.3 Å². The second-order valence-corrected chi connectivity index (χ2v) is 3.70. The van der Waals surface area contributed by atoms with Crippen molar-refractivity contribution in [2.75, 3.05) is 0 Å². The summed E-state index contributed by atoms with van der Waals surface area (Å²) in [6.07, 6.45) is 2.35. The van der Waals surface area contributed by atoms with Gasteiger partial charge < -0.3 is 4.74 Å². The molecule has 2 nitrogen and oxygen atoms in total. The van der Waals surface area contributed by atoms with Crippen LogP contribution in [0.3, 0.4) is 0 Å². The van der Waals surface area contributed by atoms with Crippen molar-refractivity contribution in [3.63, 3.8) is 0 Å². The molecule has 0 bridgehead atoms. The van der Waals surface area contributed by atoms with Crippen LogP contribution >= 0.6 is 0 Å². The fourth-order valence-electron chi connectivity index (χ4n) is 1.71. The highest BCUT2D eigenvalue weighted by Gasteiger charge is 2.22. The highest BCUT2D eigenvalue weighted by molar-refractivity contribution is 5.81. The van der Waals surface area contributed by atoms with E-state index in [0.29, 0.717) is 25.2 Å². The maximum atomic E-state index is 11.0. The van der Waals surface area contributed by atoms with Crippen LogP contribution in [0.25, 0.3) is 0 Å². The lowest BCUT2D eigenvalue weighted by Crippen LogP contribution is -2.08. The molecule has 0 N–H and O–H groups in total. The number of hydrogen-bond donors (Lipinski definition) is 0. The molecule has 0 spiro atoms. The normalized spacial score (nSPS) is 21.4. The topological polar surface area (TPSA) is 26.3 Å². The molecule has 0 aliphatic heterocycles. The Morgan fingerprint density at radius 3 is 2.71 bits per heavy atom. The van der Waals surface area contributed by atoms with Crippen LogP contribution in [0.2, 0.25) is 0 Å². The van der Waals surface area contributed by atoms with Crippen LogP contribution in [0.1, 0.15) is 24.8 Å². The van der Waals surface area contributed by atoms with Gasteiger partial charge in [-0.3, -0.25) is 4.79 Å². The van der Waals surface area contributed by atoms with Gasteiger partial charge >= 0.3 is 0 Å². The van der Waals surface area contributed by atoms with Gasteiger partial charge in [-0.05, 0) is 12.0 Å². The maximum Gasteiger partial charge on any atom is 0.135 e. The smallest absolute Gasteiger partial charge is 0.135 e. The molecule has 1 aliphatic rings. The molecule has 0 amide bonds. The minimum Gasteiger partial charge on any atom is -0.373 e. The zero-order valence-electron chi connectivity index (χ0n) is 8.11. The third kappa shape index (κ3) is 2.42. The van der Waals surface area contributed by atoms with Crippen molar-refractivity contribution < 1.29 is 9.53 Å². The highest BCUT2D eigenvalue weighted by Crippen LogP contribution is 2.19. The van der Waals surface area contributed by atoms with Crippen molar-refractivity contribution in [3.05, 3.63) is 35.9 Å². The summed E-state index contributed by atoms with van der Waals surface area (Å²) in [5.74, 6) is 0.336. The Morgan fingerprint density at radius 1 is 1.29 bits per heavy atom. The molecule has 0 radical (unpaired) electrons. The van der Waals surface area contributed by atoms with Crippen molar-refractivity contribution in [3.8, 4) is 0 Å². The summed E-state index contributed by atoms with van der Waals surface area (Å²) in [6, 6.07) is 10.1. The molecule has 1 fully saturated rings. The SMILES string of the molecule is O=C1CC[C@H](OCc2ccccc2)C1. The molecule has 0 heterocycles. The predicted octanol–water partition coefficient (Wildman–Crippen LogP) is 2.32. The van der Waals surface area contributed by atoms with E-state index in [0.717, 1.165) is 6.42 Å². The lowest BCUT2D eigenvalue weighted by Gasteiger charge is -2.09. The van der Waals surface area contributed by atoms with E-state index >= 15 is 0 Å². The van der Waals surface area contributed by atoms with Crippen molar-refractivity contribution in [1.29, 1.82) is 0 Å². The first-order valence-corrected chi connectivity index (χ1v) is 5.02. The lowest BCUT2D eigenvalue weighted by molar-refractivity contribution is -0.118. The summed E-state index contributed by atoms with van der Waals surface area (Å²) < 4.78 is 5.64. The Bertz CT molecular complexity index is 305. The average molecular weight is 190 g/mol. The molecule has 2 heteroatoms. The summed E-state index contributed by atoms with van der Waals surface area (Å²) >= 11 is 0. The molecule has 14 heavy (non-hydrogen) atoms. The highest BCUT2D eigenvalue weighted by atomic mass is 16.5. The van der Waals surface area contributed by atoms with Crippen molar-refractivity contribution >= 4 is 5.78 Å². The standard InChI is InChI=1S/C12H14O2/c13-11-6-7-12(8-11)14-9-10-4-2-1-3-5-10/h1-5,12H,6-9H2/t12-/m0/s1. The van der Waals surface area contributed by atoms with Gasteiger partial charge in [0, 0.05) is 12.8 Å². The van der Waals surface area contributed by atoms with Crippen LogP contribution in [0.15, 0.2) is 30.3 Å². The van der Waals surface area contributed by atoms with Crippen LogP contribution in [-0.4, -0.2) is 11.9 Å². The zero-order valence-corrected chi connectivity index (χ0v) is 8.11. The van der Waals surface area contributed by atoms with Crippen molar-refractivity contribution in [1.82, 2.24) is 0 Å². The monoisotopic (exact) mass is 190 g/mol. The van der Waals surface area contributed by atoms with Crippen molar-refractivity contribution in [2.45, 2.75) is 32.0 Å². The molecule has 74 valence electrons. The van der Waals surface area contributed by atoms with Crippen LogP contribution in [0.4, 0.5) is 0 Å². The van der Waals surface area contributed by atoms with Crippen LogP contribution in [-0.2, 0) is 16.1 Å². The fraction of sp³-hybridized carbons (Fsp3) is 0.417. The molecular weight excluding hydrogens is 176 g/mol.